The van der Waals surface area contributed by atoms with Crippen LogP contribution < -0.4 is 4.90 Å². The Balaban J connectivity index is 1.51. The zero-order valence-electron chi connectivity index (χ0n) is 27.9. The Labute approximate surface area is 277 Å². The molecule has 0 spiro atoms. The van der Waals surface area contributed by atoms with Gasteiger partial charge in [0.15, 0.2) is 16.8 Å². The lowest BCUT2D eigenvalue weighted by Gasteiger charge is -2.41. The minimum atomic E-state index is -0.428. The number of allylic oxidation sites excluding steroid dienone is 2. The molecule has 3 aromatic rings. The first-order valence-corrected chi connectivity index (χ1v) is 18.3. The number of nitriles is 1. The van der Waals surface area contributed by atoms with Gasteiger partial charge in [0.1, 0.15) is 28.0 Å². The number of aliphatic imine (C=N–C) groups is 1. The minimum Gasteiger partial charge on any atom is -0.342 e. The molecule has 3 aliphatic rings. The number of aryl methyl sites for hydroxylation is 1. The van der Waals surface area contributed by atoms with Gasteiger partial charge in [0.2, 0.25) is 0 Å². The molecular weight excluding hydrogens is 591 g/mol. The number of hydrogen-bond donors (Lipinski definition) is 0. The molecule has 242 valence electrons. The van der Waals surface area contributed by atoms with Gasteiger partial charge in [-0.3, -0.25) is 4.79 Å². The Morgan fingerprint density at radius 3 is 2.24 bits per heavy atom. The van der Waals surface area contributed by atoms with Crippen molar-refractivity contribution >= 4 is 33.1 Å². The molecule has 1 atom stereocenters. The van der Waals surface area contributed by atoms with Gasteiger partial charge in [-0.05, 0) is 52.4 Å². The average molecular weight is 638 g/mol. The van der Waals surface area contributed by atoms with Gasteiger partial charge in [-0.1, -0.05) is 106 Å². The lowest BCUT2D eigenvalue weighted by Crippen LogP contribution is -2.45. The second-order valence-electron chi connectivity index (χ2n) is 13.3. The van der Waals surface area contributed by atoms with E-state index in [9.17, 15) is 10.1 Å². The molecule has 2 fully saturated rings. The van der Waals surface area contributed by atoms with Crippen LogP contribution in [-0.2, 0) is 0 Å². The number of carbonyl (C=O) groups excluding carboxylic acids is 1. The summed E-state index contributed by atoms with van der Waals surface area (Å²) in [5, 5.41) is 16.6. The fourth-order valence-corrected chi connectivity index (χ4v) is 8.51. The lowest BCUT2D eigenvalue weighted by molar-refractivity contribution is 0.0941. The van der Waals surface area contributed by atoms with Crippen LogP contribution in [0.25, 0.3) is 11.3 Å². The first-order chi connectivity index (χ1) is 22.4. The molecule has 0 amide bonds. The molecule has 3 heterocycles. The number of hydrogen-bond acceptors (Lipinski definition) is 8. The van der Waals surface area contributed by atoms with E-state index in [4.69, 9.17) is 20.1 Å². The monoisotopic (exact) mass is 637 g/mol. The van der Waals surface area contributed by atoms with E-state index in [0.29, 0.717) is 35.0 Å². The predicted octanol–water partition coefficient (Wildman–Crippen LogP) is 9.48. The lowest BCUT2D eigenvalue weighted by atomic mass is 9.89. The Kier molecular flexibility index (Phi) is 10.1. The summed E-state index contributed by atoms with van der Waals surface area (Å²) in [5.41, 5.74) is 4.19. The van der Waals surface area contributed by atoms with E-state index in [1.807, 2.05) is 6.92 Å². The smallest absolute Gasteiger partial charge is 0.291 e. The highest BCUT2D eigenvalue weighted by atomic mass is 32.1. The highest BCUT2D eigenvalue weighted by molar-refractivity contribution is 7.19. The van der Waals surface area contributed by atoms with E-state index in [-0.39, 0.29) is 11.5 Å². The maximum atomic E-state index is 13.5. The van der Waals surface area contributed by atoms with Gasteiger partial charge in [0, 0.05) is 29.1 Å². The molecular formula is C37H47N7OS. The summed E-state index contributed by atoms with van der Waals surface area (Å²) in [6, 6.07) is 11.6. The number of thiazole rings is 1. The highest BCUT2D eigenvalue weighted by Crippen LogP contribution is 2.44. The number of nitrogens with zero attached hydrogens (tertiary/aromatic N) is 7. The number of unbranched alkanes of at least 4 members (excludes halogenated alkanes) is 1. The Morgan fingerprint density at radius 1 is 1.00 bits per heavy atom. The second-order valence-corrected chi connectivity index (χ2v) is 14.3. The fraction of sp³-hybridized carbons (Fsp3) is 0.568. The minimum absolute atomic E-state index is 0.0666. The summed E-state index contributed by atoms with van der Waals surface area (Å²) in [4.78, 5) is 31.8. The van der Waals surface area contributed by atoms with Crippen LogP contribution in [0.15, 0.2) is 40.4 Å². The van der Waals surface area contributed by atoms with E-state index in [1.54, 1.807) is 11.3 Å². The number of anilines is 1. The van der Waals surface area contributed by atoms with E-state index in [0.717, 1.165) is 47.1 Å². The van der Waals surface area contributed by atoms with E-state index >= 15 is 0 Å². The number of benzene rings is 1. The molecule has 2 aliphatic carbocycles. The topological polar surface area (TPSA) is 100 Å². The molecule has 1 unspecified atom stereocenters. The SMILES string of the molecule is CCCCC(CC)c1nc2n(n1)C(=O)C(C#N)=C(C)C2=Nc1sc(N(C2CCCCC2)C2CCCCC2)nc1-c1ccc(C)cc1. The zero-order chi connectivity index (χ0) is 32.2. The summed E-state index contributed by atoms with van der Waals surface area (Å²) in [7, 11) is 0. The maximum absolute atomic E-state index is 13.5. The van der Waals surface area contributed by atoms with Crippen molar-refractivity contribution in [2.24, 2.45) is 4.99 Å². The standard InChI is InChI=1S/C37H47N7OS/c1-5-7-14-26(6-2)33-41-34-31(25(4)30(23-38)36(45)44(34)42-33)39-35-32(27-21-19-24(3)20-22-27)40-37(46-35)43(28-15-10-8-11-16-28)29-17-12-9-13-18-29/h19-22,26,28-29H,5-18H2,1-4H3. The van der Waals surface area contributed by atoms with Crippen molar-refractivity contribution in [3.8, 4) is 17.3 Å². The van der Waals surface area contributed by atoms with Crippen LogP contribution in [0.4, 0.5) is 10.1 Å². The average Bonchev–Trinajstić information content (AvgIpc) is 3.71. The normalized spacial score (nSPS) is 19.4. The van der Waals surface area contributed by atoms with Gasteiger partial charge in [0.05, 0.1) is 0 Å². The van der Waals surface area contributed by atoms with Gasteiger partial charge in [0.25, 0.3) is 5.91 Å². The third-order valence-corrected chi connectivity index (χ3v) is 11.1. The van der Waals surface area contributed by atoms with Crippen LogP contribution in [0, 0.1) is 18.3 Å². The molecule has 2 saturated carbocycles. The molecule has 46 heavy (non-hydrogen) atoms. The van der Waals surface area contributed by atoms with Crippen LogP contribution in [-0.4, -0.2) is 43.5 Å². The Hall–Kier alpha value is -3.64. The third kappa shape index (κ3) is 6.46. The number of rotatable bonds is 10. The van der Waals surface area contributed by atoms with Crippen molar-refractivity contribution in [1.82, 2.24) is 19.7 Å². The van der Waals surface area contributed by atoms with Crippen molar-refractivity contribution in [3.63, 3.8) is 0 Å². The van der Waals surface area contributed by atoms with E-state index in [1.165, 1.54) is 74.5 Å². The number of fused-ring (bicyclic) bond motifs is 1. The maximum Gasteiger partial charge on any atom is 0.291 e. The molecule has 1 aliphatic heterocycles. The molecule has 8 nitrogen and oxygen atoms in total. The number of carbonyl (C=O) groups is 1. The third-order valence-electron chi connectivity index (χ3n) is 10.1. The summed E-state index contributed by atoms with van der Waals surface area (Å²) in [6.07, 6.45) is 16.5. The Morgan fingerprint density at radius 2 is 1.65 bits per heavy atom. The van der Waals surface area contributed by atoms with Crippen LogP contribution in [0.1, 0.15) is 139 Å². The van der Waals surface area contributed by atoms with Crippen molar-refractivity contribution in [1.29, 1.82) is 5.26 Å². The van der Waals surface area contributed by atoms with Gasteiger partial charge in [-0.25, -0.2) is 15.0 Å². The summed E-state index contributed by atoms with van der Waals surface area (Å²) < 4.78 is 1.32. The van der Waals surface area contributed by atoms with Gasteiger partial charge < -0.3 is 4.90 Å². The largest absolute Gasteiger partial charge is 0.342 e. The van der Waals surface area contributed by atoms with E-state index < -0.39 is 5.91 Å². The zero-order valence-corrected chi connectivity index (χ0v) is 28.7. The molecule has 6 rings (SSSR count). The first-order valence-electron chi connectivity index (χ1n) is 17.5. The van der Waals surface area contributed by atoms with Crippen LogP contribution in [0.3, 0.4) is 0 Å². The van der Waals surface area contributed by atoms with Gasteiger partial charge in [-0.2, -0.15) is 9.94 Å². The molecule has 0 bridgehead atoms. The highest BCUT2D eigenvalue weighted by Gasteiger charge is 2.35. The van der Waals surface area contributed by atoms with Crippen LogP contribution >= 0.6 is 11.3 Å². The predicted molar refractivity (Wildman–Crippen MR) is 186 cm³/mol. The molecule has 0 radical (unpaired) electrons. The van der Waals surface area contributed by atoms with Crippen LogP contribution in [0.5, 0.6) is 0 Å². The Bertz CT molecular complexity index is 1630. The molecule has 1 aromatic carbocycles. The molecule has 2 aromatic heterocycles. The van der Waals surface area contributed by atoms with Crippen molar-refractivity contribution in [2.75, 3.05) is 4.90 Å². The van der Waals surface area contributed by atoms with Crippen molar-refractivity contribution in [3.05, 3.63) is 52.6 Å². The number of aromatic nitrogens is 4. The second kappa shape index (κ2) is 14.4. The van der Waals surface area contributed by atoms with Gasteiger partial charge >= 0.3 is 0 Å². The van der Waals surface area contributed by atoms with E-state index in [2.05, 4.69) is 56.0 Å². The summed E-state index contributed by atoms with van der Waals surface area (Å²) >= 11 is 1.64. The van der Waals surface area contributed by atoms with Gasteiger partial charge in [-0.15, -0.1) is 5.10 Å². The quantitative estimate of drug-likeness (QED) is 0.219. The van der Waals surface area contributed by atoms with Crippen molar-refractivity contribution in [2.45, 2.75) is 136 Å². The molecule has 0 saturated heterocycles. The summed E-state index contributed by atoms with van der Waals surface area (Å²) in [6.45, 7) is 8.22. The van der Waals surface area contributed by atoms with Crippen LogP contribution in [0.2, 0.25) is 0 Å². The fourth-order valence-electron chi connectivity index (χ4n) is 7.40. The molecule has 0 N–H and O–H groups in total. The van der Waals surface area contributed by atoms with Crippen molar-refractivity contribution < 1.29 is 4.79 Å². The first kappa shape index (κ1) is 32.3. The summed E-state index contributed by atoms with van der Waals surface area (Å²) in [5.74, 6) is 0.800. The molecule has 9 heteroatoms.